The largest absolute Gasteiger partial charge is 0.454 e. The van der Waals surface area contributed by atoms with Crippen LogP contribution in [-0.4, -0.2) is 35.4 Å². The average Bonchev–Trinajstić information content (AvgIpc) is 3.15. The predicted octanol–water partition coefficient (Wildman–Crippen LogP) is 3.84. The average molecular weight is 420 g/mol. The Morgan fingerprint density at radius 1 is 1.23 bits per heavy atom. The minimum Gasteiger partial charge on any atom is -0.454 e. The van der Waals surface area contributed by atoms with Gasteiger partial charge in [-0.15, -0.1) is 11.3 Å². The number of carbonyl (C=O) groups excluding carboxylic acids is 2. The van der Waals surface area contributed by atoms with E-state index in [1.165, 1.54) is 16.2 Å². The number of hydrogen-bond donors (Lipinski definition) is 1. The number of likely N-dealkylation sites (N-methyl/N-ethyl adjacent to an activating group) is 1. The number of nitrogens with zero attached hydrogens (tertiary/aromatic N) is 2. The van der Waals surface area contributed by atoms with Gasteiger partial charge in [-0.2, -0.15) is 0 Å². The fourth-order valence-electron chi connectivity index (χ4n) is 3.94. The second-order valence-electron chi connectivity index (χ2n) is 7.71. The molecule has 6 nitrogen and oxygen atoms in total. The van der Waals surface area contributed by atoms with Gasteiger partial charge in [-0.1, -0.05) is 30.3 Å². The van der Waals surface area contributed by atoms with E-state index in [0.717, 1.165) is 36.3 Å². The monoisotopic (exact) mass is 419 g/mol. The molecule has 0 bridgehead atoms. The first-order valence-electron chi connectivity index (χ1n) is 9.94. The first kappa shape index (κ1) is 19.0. The maximum atomic E-state index is 12.8. The highest BCUT2D eigenvalue weighted by atomic mass is 32.1. The summed E-state index contributed by atoms with van der Waals surface area (Å²) in [6, 6.07) is 14.8. The Labute approximate surface area is 178 Å². The zero-order valence-electron chi connectivity index (χ0n) is 16.6. The lowest BCUT2D eigenvalue weighted by Gasteiger charge is -2.25. The molecular weight excluding hydrogens is 398 g/mol. The number of carbonyl (C=O) groups is 2. The van der Waals surface area contributed by atoms with Gasteiger partial charge >= 0.3 is 5.97 Å². The number of fused-ring (bicyclic) bond motifs is 2. The lowest BCUT2D eigenvalue weighted by atomic mass is 9.93. The molecule has 1 unspecified atom stereocenters. The summed E-state index contributed by atoms with van der Waals surface area (Å²) >= 11 is 1.53. The number of ether oxygens (including phenoxy) is 1. The third-order valence-corrected chi connectivity index (χ3v) is 6.55. The number of amides is 1. The van der Waals surface area contributed by atoms with Gasteiger partial charge in [0.25, 0.3) is 5.91 Å². The van der Waals surface area contributed by atoms with Crippen molar-refractivity contribution in [2.24, 2.45) is 0 Å². The number of rotatable bonds is 3. The Bertz CT molecular complexity index is 1130. The van der Waals surface area contributed by atoms with Gasteiger partial charge in [0.05, 0.1) is 11.3 Å². The zero-order chi connectivity index (χ0) is 20.7. The third kappa shape index (κ3) is 3.62. The molecule has 2 aliphatic rings. The fraction of sp³-hybridized carbons (Fsp3) is 0.261. The van der Waals surface area contributed by atoms with Crippen LogP contribution in [-0.2, 0) is 24.1 Å². The van der Waals surface area contributed by atoms with Crippen molar-refractivity contribution in [2.75, 3.05) is 18.9 Å². The topological polar surface area (TPSA) is 71.5 Å². The molecule has 1 aromatic heterocycles. The molecule has 30 heavy (non-hydrogen) atoms. The number of nitrogens with one attached hydrogen (secondary N) is 1. The number of hydrogen-bond acceptors (Lipinski definition) is 6. The molecule has 0 saturated carbocycles. The number of aromatic nitrogens is 1. The van der Waals surface area contributed by atoms with Crippen molar-refractivity contribution in [3.63, 3.8) is 0 Å². The fourth-order valence-corrected chi connectivity index (χ4v) is 5.02. The van der Waals surface area contributed by atoms with E-state index in [1.54, 1.807) is 18.2 Å². The number of esters is 1. The standard InChI is InChI=1S/C23H21N3O3S/c1-26-10-9-18-20(13-26)30-23(24-18)25-21(27)15-7-8-17-16(11-15)12-19(29-22(17)28)14-5-3-2-4-6-14/h2-8,11,19H,9-10,12-13H2,1H3,(H,24,25,27). The van der Waals surface area contributed by atoms with Gasteiger partial charge in [-0.05, 0) is 36.4 Å². The van der Waals surface area contributed by atoms with Crippen LogP contribution in [0.1, 0.15) is 48.5 Å². The van der Waals surface area contributed by atoms with Crippen LogP contribution in [0.3, 0.4) is 0 Å². The molecule has 2 aliphatic heterocycles. The summed E-state index contributed by atoms with van der Waals surface area (Å²) in [5, 5.41) is 3.55. The highest BCUT2D eigenvalue weighted by Crippen LogP contribution is 2.32. The molecule has 0 spiro atoms. The highest BCUT2D eigenvalue weighted by molar-refractivity contribution is 7.15. The van der Waals surface area contributed by atoms with E-state index in [-0.39, 0.29) is 18.0 Å². The third-order valence-electron chi connectivity index (χ3n) is 5.56. The summed E-state index contributed by atoms with van der Waals surface area (Å²) < 4.78 is 5.60. The second-order valence-corrected chi connectivity index (χ2v) is 8.80. The van der Waals surface area contributed by atoms with Crippen molar-refractivity contribution in [3.05, 3.63) is 81.4 Å². The Balaban J connectivity index is 1.36. The molecule has 0 saturated heterocycles. The highest BCUT2D eigenvalue weighted by Gasteiger charge is 2.28. The summed E-state index contributed by atoms with van der Waals surface area (Å²) in [7, 11) is 2.09. The van der Waals surface area contributed by atoms with Crippen LogP contribution < -0.4 is 5.32 Å². The van der Waals surface area contributed by atoms with E-state index in [9.17, 15) is 9.59 Å². The zero-order valence-corrected chi connectivity index (χ0v) is 17.4. The van der Waals surface area contributed by atoms with Gasteiger partial charge in [-0.25, -0.2) is 9.78 Å². The lowest BCUT2D eigenvalue weighted by molar-refractivity contribution is 0.0252. The number of benzene rings is 2. The van der Waals surface area contributed by atoms with Crippen LogP contribution in [0.2, 0.25) is 0 Å². The first-order chi connectivity index (χ1) is 14.6. The van der Waals surface area contributed by atoms with Crippen molar-refractivity contribution < 1.29 is 14.3 Å². The van der Waals surface area contributed by atoms with Gasteiger partial charge in [0.15, 0.2) is 5.13 Å². The molecule has 0 fully saturated rings. The van der Waals surface area contributed by atoms with E-state index in [0.29, 0.717) is 22.7 Å². The molecule has 5 rings (SSSR count). The maximum absolute atomic E-state index is 12.8. The second kappa shape index (κ2) is 7.66. The van der Waals surface area contributed by atoms with Crippen molar-refractivity contribution in [3.8, 4) is 0 Å². The molecular formula is C23H21N3O3S. The van der Waals surface area contributed by atoms with Gasteiger partial charge < -0.3 is 9.64 Å². The summed E-state index contributed by atoms with van der Waals surface area (Å²) in [5.41, 5.74) is 3.89. The first-order valence-corrected chi connectivity index (χ1v) is 10.8. The summed E-state index contributed by atoms with van der Waals surface area (Å²) in [6.07, 6.45) is 1.11. The van der Waals surface area contributed by atoms with Crippen molar-refractivity contribution >= 4 is 28.3 Å². The SMILES string of the molecule is CN1CCc2nc(NC(=O)c3ccc4c(c3)CC(c3ccccc3)OC4=O)sc2C1. The number of cyclic esters (lactones) is 1. The van der Waals surface area contributed by atoms with Crippen LogP contribution in [0.5, 0.6) is 0 Å². The van der Waals surface area contributed by atoms with Gasteiger partial charge in [0.2, 0.25) is 0 Å². The molecule has 3 heterocycles. The Kier molecular flexibility index (Phi) is 4.84. The van der Waals surface area contributed by atoms with E-state index >= 15 is 0 Å². The van der Waals surface area contributed by atoms with Crippen LogP contribution in [0.25, 0.3) is 0 Å². The van der Waals surface area contributed by atoms with E-state index in [1.807, 2.05) is 30.3 Å². The van der Waals surface area contributed by atoms with Crippen LogP contribution >= 0.6 is 11.3 Å². The van der Waals surface area contributed by atoms with Crippen LogP contribution in [0.4, 0.5) is 5.13 Å². The smallest absolute Gasteiger partial charge is 0.339 e. The normalized spacial score (nSPS) is 18.3. The van der Waals surface area contributed by atoms with Crippen molar-refractivity contribution in [1.29, 1.82) is 0 Å². The van der Waals surface area contributed by atoms with Gasteiger partial charge in [0.1, 0.15) is 6.10 Å². The quantitative estimate of drug-likeness (QED) is 0.653. The van der Waals surface area contributed by atoms with Crippen LogP contribution in [0.15, 0.2) is 48.5 Å². The molecule has 1 atom stereocenters. The lowest BCUT2D eigenvalue weighted by Crippen LogP contribution is -2.25. The van der Waals surface area contributed by atoms with E-state index < -0.39 is 0 Å². The summed E-state index contributed by atoms with van der Waals surface area (Å²) in [5.74, 6) is -0.568. The van der Waals surface area contributed by atoms with E-state index in [4.69, 9.17) is 4.74 Å². The predicted molar refractivity (Wildman–Crippen MR) is 115 cm³/mol. The van der Waals surface area contributed by atoms with Crippen molar-refractivity contribution in [2.45, 2.75) is 25.5 Å². The van der Waals surface area contributed by atoms with Gasteiger partial charge in [0, 0.05) is 36.4 Å². The Morgan fingerprint density at radius 2 is 2.07 bits per heavy atom. The minimum absolute atomic E-state index is 0.215. The molecule has 152 valence electrons. The Morgan fingerprint density at radius 3 is 2.90 bits per heavy atom. The molecule has 0 aliphatic carbocycles. The summed E-state index contributed by atoms with van der Waals surface area (Å²) in [6.45, 7) is 1.85. The molecule has 2 aromatic carbocycles. The molecule has 1 amide bonds. The van der Waals surface area contributed by atoms with Gasteiger partial charge in [-0.3, -0.25) is 10.1 Å². The van der Waals surface area contributed by atoms with E-state index in [2.05, 4.69) is 22.2 Å². The minimum atomic E-state index is -0.353. The maximum Gasteiger partial charge on any atom is 0.339 e. The number of anilines is 1. The molecule has 0 radical (unpaired) electrons. The molecule has 7 heteroatoms. The summed E-state index contributed by atoms with van der Waals surface area (Å²) in [4.78, 5) is 33.3. The van der Waals surface area contributed by atoms with Crippen molar-refractivity contribution in [1.82, 2.24) is 9.88 Å². The number of thiazole rings is 1. The molecule has 1 N–H and O–H groups in total. The van der Waals surface area contributed by atoms with Crippen LogP contribution in [0, 0.1) is 0 Å². The Hall–Kier alpha value is -3.03. The molecule has 3 aromatic rings.